The fourth-order valence-electron chi connectivity index (χ4n) is 2.90. The lowest BCUT2D eigenvalue weighted by molar-refractivity contribution is -0.138. The molecule has 0 heterocycles. The van der Waals surface area contributed by atoms with E-state index in [1.807, 2.05) is 13.8 Å². The van der Waals surface area contributed by atoms with Crippen LogP contribution in [0.2, 0.25) is 23.2 Å². The van der Waals surface area contributed by atoms with Gasteiger partial charge in [-0.2, -0.15) is 0 Å². The van der Waals surface area contributed by atoms with Crippen LogP contribution in [0.4, 0.5) is 0 Å². The number of hydrogen-bond acceptors (Lipinski definition) is 6. The number of ketones is 1. The molecule has 0 saturated carbocycles. The number of rotatable bonds is 11. The zero-order valence-corrected chi connectivity index (χ0v) is 30.0. The number of nitrogens with one attached hydrogen (secondary N) is 1. The maximum Gasteiger partial charge on any atom is 0.343 e. The average molecular weight is 778 g/mol. The van der Waals surface area contributed by atoms with E-state index in [0.29, 0.717) is 15.9 Å². The van der Waals surface area contributed by atoms with Gasteiger partial charge in [0.05, 0.1) is 37.5 Å². The van der Waals surface area contributed by atoms with Crippen molar-refractivity contribution < 1.29 is 23.5 Å². The third-order valence-corrected chi connectivity index (χ3v) is 13.4. The third kappa shape index (κ3) is 9.65. The van der Waals surface area contributed by atoms with Gasteiger partial charge in [-0.25, -0.2) is 4.79 Å². The molecule has 0 aliphatic heterocycles. The van der Waals surface area contributed by atoms with E-state index in [1.165, 1.54) is 6.20 Å². The highest BCUT2D eigenvalue weighted by Crippen LogP contribution is 2.38. The molecule has 0 aliphatic carbocycles. The lowest BCUT2D eigenvalue weighted by atomic mass is 9.87. The molecule has 6 nitrogen and oxygen atoms in total. The van der Waals surface area contributed by atoms with Crippen molar-refractivity contribution in [2.75, 3.05) is 13.2 Å². The molecular formula is C27H42ClI2NO5Si. The van der Waals surface area contributed by atoms with Crippen molar-refractivity contribution in [2.24, 2.45) is 5.41 Å². The van der Waals surface area contributed by atoms with Crippen molar-refractivity contribution in [3.05, 3.63) is 35.6 Å². The fourth-order valence-corrected chi connectivity index (χ4v) is 6.07. The van der Waals surface area contributed by atoms with Gasteiger partial charge in [0.2, 0.25) is 5.78 Å². The largest absolute Gasteiger partial charge is 0.489 e. The second kappa shape index (κ2) is 13.8. The summed E-state index contributed by atoms with van der Waals surface area (Å²) < 4.78 is 19.0. The zero-order chi connectivity index (χ0) is 28.9. The van der Waals surface area contributed by atoms with Gasteiger partial charge in [0, 0.05) is 11.8 Å². The summed E-state index contributed by atoms with van der Waals surface area (Å²) in [4.78, 5) is 26.6. The summed E-state index contributed by atoms with van der Waals surface area (Å²) in [5.41, 5.74) is -0.105. The summed E-state index contributed by atoms with van der Waals surface area (Å²) in [5.74, 6) is -0.601. The fraction of sp³-hybridized carbons (Fsp3) is 0.630. The van der Waals surface area contributed by atoms with E-state index >= 15 is 0 Å². The number of benzene rings is 1. The SMILES string of the molecule is CCOC(=O)/C(=C\NC(CO[Si](C)(C)C(C)(C)C)C(C)(C)C)C(=O)c1cc(I)c(OC(C)C)c(I)c1Cl. The molecule has 1 rings (SSSR count). The Kier molecular flexibility index (Phi) is 12.9. The molecule has 1 unspecified atom stereocenters. The Morgan fingerprint density at radius 2 is 1.70 bits per heavy atom. The van der Waals surface area contributed by atoms with Gasteiger partial charge in [0.25, 0.3) is 0 Å². The zero-order valence-electron chi connectivity index (χ0n) is 23.9. The third-order valence-electron chi connectivity index (χ3n) is 6.35. The van der Waals surface area contributed by atoms with Gasteiger partial charge in [-0.05, 0) is 95.6 Å². The van der Waals surface area contributed by atoms with Gasteiger partial charge in [-0.15, -0.1) is 0 Å². The quantitative estimate of drug-likeness (QED) is 0.0359. The molecule has 10 heteroatoms. The predicted octanol–water partition coefficient (Wildman–Crippen LogP) is 7.99. The number of esters is 1. The van der Waals surface area contributed by atoms with E-state index in [-0.39, 0.29) is 45.4 Å². The van der Waals surface area contributed by atoms with Crippen LogP contribution in [0.3, 0.4) is 0 Å². The first-order valence-electron chi connectivity index (χ1n) is 12.4. The Balaban J connectivity index is 3.45. The molecule has 1 aromatic carbocycles. The first-order valence-corrected chi connectivity index (χ1v) is 17.8. The van der Waals surface area contributed by atoms with Gasteiger partial charge in [-0.3, -0.25) is 4.79 Å². The molecule has 0 aliphatic rings. The highest BCUT2D eigenvalue weighted by atomic mass is 127. The standard InChI is InChI=1S/C27H42ClI2NO5Si/c1-12-34-25(33)18(14-31-20(26(4,5)6)15-35-37(10,11)27(7,8)9)23(32)17-13-19(29)24(36-16(2)3)22(30)21(17)28/h13-14,16,20,31H,12,15H2,1-11H3/b18-14-. The van der Waals surface area contributed by atoms with E-state index in [2.05, 4.69) is 105 Å². The van der Waals surface area contributed by atoms with Gasteiger partial charge < -0.3 is 19.2 Å². The van der Waals surface area contributed by atoms with E-state index in [9.17, 15) is 9.59 Å². The van der Waals surface area contributed by atoms with Crippen molar-refractivity contribution in [2.45, 2.75) is 92.6 Å². The summed E-state index contributed by atoms with van der Waals surface area (Å²) in [6, 6.07) is 1.50. The molecule has 0 aromatic heterocycles. The molecule has 0 fully saturated rings. The van der Waals surface area contributed by atoms with Crippen molar-refractivity contribution in [1.29, 1.82) is 0 Å². The Morgan fingerprint density at radius 3 is 2.16 bits per heavy atom. The average Bonchev–Trinajstić information content (AvgIpc) is 2.74. The smallest absolute Gasteiger partial charge is 0.343 e. The van der Waals surface area contributed by atoms with Gasteiger partial charge in [0.15, 0.2) is 8.32 Å². The molecule has 210 valence electrons. The highest BCUT2D eigenvalue weighted by Gasteiger charge is 2.39. The molecule has 1 N–H and O–H groups in total. The summed E-state index contributed by atoms with van der Waals surface area (Å²) in [6.45, 7) is 23.4. The predicted molar refractivity (Wildman–Crippen MR) is 171 cm³/mol. The second-order valence-electron chi connectivity index (χ2n) is 11.8. The van der Waals surface area contributed by atoms with Crippen LogP contribution in [0, 0.1) is 12.6 Å². The van der Waals surface area contributed by atoms with Crippen LogP contribution in [-0.2, 0) is 14.0 Å². The summed E-state index contributed by atoms with van der Waals surface area (Å²) in [5, 5.41) is 3.61. The molecule has 0 radical (unpaired) electrons. The number of carbonyl (C=O) groups is 2. The van der Waals surface area contributed by atoms with Crippen LogP contribution in [0.1, 0.15) is 72.7 Å². The van der Waals surface area contributed by atoms with Crippen molar-refractivity contribution >= 4 is 76.9 Å². The number of hydrogen-bond donors (Lipinski definition) is 1. The second-order valence-corrected chi connectivity index (χ2v) is 19.2. The van der Waals surface area contributed by atoms with Crippen molar-refractivity contribution in [1.82, 2.24) is 5.32 Å². The Labute approximate surface area is 256 Å². The minimum absolute atomic E-state index is 0.0540. The topological polar surface area (TPSA) is 73.9 Å². The monoisotopic (exact) mass is 777 g/mol. The summed E-state index contributed by atoms with van der Waals surface area (Å²) >= 11 is 10.8. The lowest BCUT2D eigenvalue weighted by Crippen LogP contribution is -2.48. The first-order chi connectivity index (χ1) is 16.7. The molecule has 1 atom stereocenters. The van der Waals surface area contributed by atoms with Crippen LogP contribution < -0.4 is 10.1 Å². The minimum atomic E-state index is -2.00. The number of carbonyl (C=O) groups excluding carboxylic acids is 2. The van der Waals surface area contributed by atoms with Crippen LogP contribution >= 0.6 is 56.8 Å². The van der Waals surface area contributed by atoms with E-state index in [4.69, 9.17) is 25.5 Å². The molecule has 37 heavy (non-hydrogen) atoms. The molecule has 0 saturated heterocycles. The molecule has 0 amide bonds. The lowest BCUT2D eigenvalue weighted by Gasteiger charge is -2.39. The highest BCUT2D eigenvalue weighted by molar-refractivity contribution is 14.1. The van der Waals surface area contributed by atoms with Gasteiger partial charge >= 0.3 is 5.97 Å². The summed E-state index contributed by atoms with van der Waals surface area (Å²) in [6.07, 6.45) is 1.40. The Hall–Kier alpha value is -0.373. The minimum Gasteiger partial charge on any atom is -0.489 e. The Morgan fingerprint density at radius 1 is 1.14 bits per heavy atom. The van der Waals surface area contributed by atoms with E-state index in [1.54, 1.807) is 13.0 Å². The van der Waals surface area contributed by atoms with Crippen LogP contribution in [0.25, 0.3) is 0 Å². The van der Waals surface area contributed by atoms with Crippen LogP contribution in [0.15, 0.2) is 17.8 Å². The van der Waals surface area contributed by atoms with Crippen molar-refractivity contribution in [3.8, 4) is 5.75 Å². The molecule has 0 spiro atoms. The van der Waals surface area contributed by atoms with Gasteiger partial charge in [0.1, 0.15) is 11.3 Å². The maximum atomic E-state index is 13.7. The molecule has 1 aromatic rings. The molecular weight excluding hydrogens is 736 g/mol. The normalized spacial score (nSPS) is 14.0. The number of ether oxygens (including phenoxy) is 2. The van der Waals surface area contributed by atoms with E-state index in [0.717, 1.165) is 3.57 Å². The maximum absolute atomic E-state index is 13.7. The van der Waals surface area contributed by atoms with Gasteiger partial charge in [-0.1, -0.05) is 53.1 Å². The number of Topliss-reactive ketones (excluding diaryl/α,β-unsaturated/α-hetero) is 1. The van der Waals surface area contributed by atoms with Crippen LogP contribution in [0.5, 0.6) is 5.75 Å². The van der Waals surface area contributed by atoms with Crippen LogP contribution in [-0.4, -0.2) is 45.4 Å². The van der Waals surface area contributed by atoms with E-state index < -0.39 is 20.1 Å². The summed E-state index contributed by atoms with van der Waals surface area (Å²) in [7, 11) is -2.00. The Bertz CT molecular complexity index is 1010. The number of halogens is 3. The van der Waals surface area contributed by atoms with Crippen molar-refractivity contribution in [3.63, 3.8) is 0 Å². The molecule has 0 bridgehead atoms. The first kappa shape index (κ1) is 34.7.